The predicted octanol–water partition coefficient (Wildman–Crippen LogP) is 2.65. The van der Waals surface area contributed by atoms with E-state index in [-0.39, 0.29) is 0 Å². The number of ether oxygens (including phenoxy) is 1. The Morgan fingerprint density at radius 2 is 1.89 bits per heavy atom. The van der Waals surface area contributed by atoms with Gasteiger partial charge < -0.3 is 15.4 Å². The quantitative estimate of drug-likeness (QED) is 0.757. The molecule has 1 aromatic carbocycles. The molecular weight excluding hydrogens is 236 g/mol. The second-order valence-electron chi connectivity index (χ2n) is 5.21. The third-order valence-corrected chi connectivity index (χ3v) is 3.67. The van der Waals surface area contributed by atoms with Crippen molar-refractivity contribution in [1.82, 2.24) is 10.6 Å². The van der Waals surface area contributed by atoms with Gasteiger partial charge in [0.15, 0.2) is 0 Å². The fourth-order valence-corrected chi connectivity index (χ4v) is 2.32. The molecule has 0 aliphatic heterocycles. The molecule has 19 heavy (non-hydrogen) atoms. The Kier molecular flexibility index (Phi) is 6.89. The molecule has 0 heterocycles. The Labute approximate surface area is 117 Å². The molecule has 1 atom stereocenters. The fraction of sp³-hybridized carbons (Fsp3) is 0.625. The first kappa shape index (κ1) is 16.0. The molecule has 1 rings (SSSR count). The van der Waals surface area contributed by atoms with Gasteiger partial charge in [-0.25, -0.2) is 0 Å². The Hall–Kier alpha value is -1.06. The van der Waals surface area contributed by atoms with Crippen LogP contribution < -0.4 is 15.4 Å². The van der Waals surface area contributed by atoms with Gasteiger partial charge in [0.05, 0.1) is 7.11 Å². The number of benzene rings is 1. The summed E-state index contributed by atoms with van der Waals surface area (Å²) in [6, 6.07) is 4.34. The van der Waals surface area contributed by atoms with Gasteiger partial charge in [0, 0.05) is 6.54 Å². The van der Waals surface area contributed by atoms with E-state index in [1.54, 1.807) is 7.11 Å². The zero-order valence-electron chi connectivity index (χ0n) is 13.0. The van der Waals surface area contributed by atoms with Crippen LogP contribution in [0.1, 0.15) is 30.0 Å². The largest absolute Gasteiger partial charge is 0.496 e. The lowest BCUT2D eigenvalue weighted by Gasteiger charge is -2.16. The first-order valence-electron chi connectivity index (χ1n) is 7.11. The molecule has 0 fully saturated rings. The third-order valence-electron chi connectivity index (χ3n) is 3.67. The van der Waals surface area contributed by atoms with Crippen LogP contribution >= 0.6 is 0 Å². The van der Waals surface area contributed by atoms with Gasteiger partial charge in [0.1, 0.15) is 5.75 Å². The lowest BCUT2D eigenvalue weighted by molar-refractivity contribution is 0.411. The summed E-state index contributed by atoms with van der Waals surface area (Å²) in [7, 11) is 3.74. The maximum absolute atomic E-state index is 5.34. The minimum Gasteiger partial charge on any atom is -0.496 e. The standard InChI is InChI=1S/C16H28N2O/c1-6-14(9-17-4)10-18-11-15-7-13(3)16(19-5)8-12(15)2/h7-8,14,17-18H,6,9-11H2,1-5H3. The molecule has 0 radical (unpaired) electrons. The molecule has 0 saturated carbocycles. The number of aryl methyl sites for hydroxylation is 2. The van der Waals surface area contributed by atoms with Crippen molar-refractivity contribution in [1.29, 1.82) is 0 Å². The maximum atomic E-state index is 5.34. The van der Waals surface area contributed by atoms with Crippen LogP contribution in [0.3, 0.4) is 0 Å². The molecule has 1 unspecified atom stereocenters. The van der Waals surface area contributed by atoms with Crippen molar-refractivity contribution in [3.63, 3.8) is 0 Å². The summed E-state index contributed by atoms with van der Waals surface area (Å²) in [4.78, 5) is 0. The summed E-state index contributed by atoms with van der Waals surface area (Å²) in [5, 5.41) is 6.81. The highest BCUT2D eigenvalue weighted by Crippen LogP contribution is 2.22. The second-order valence-corrected chi connectivity index (χ2v) is 5.21. The van der Waals surface area contributed by atoms with Gasteiger partial charge in [-0.2, -0.15) is 0 Å². The normalized spacial score (nSPS) is 12.5. The number of hydrogen-bond acceptors (Lipinski definition) is 3. The fourth-order valence-electron chi connectivity index (χ4n) is 2.32. The van der Waals surface area contributed by atoms with E-state index in [4.69, 9.17) is 4.74 Å². The van der Waals surface area contributed by atoms with E-state index < -0.39 is 0 Å². The van der Waals surface area contributed by atoms with Crippen LogP contribution in [0.4, 0.5) is 0 Å². The average molecular weight is 264 g/mol. The second kappa shape index (κ2) is 8.18. The SMILES string of the molecule is CCC(CNC)CNCc1cc(C)c(OC)cc1C. The van der Waals surface area contributed by atoms with Crippen LogP contribution in [-0.2, 0) is 6.54 Å². The average Bonchev–Trinajstić information content (AvgIpc) is 2.41. The van der Waals surface area contributed by atoms with Gasteiger partial charge in [0.25, 0.3) is 0 Å². The molecule has 0 aliphatic rings. The Balaban J connectivity index is 2.56. The zero-order chi connectivity index (χ0) is 14.3. The first-order valence-corrected chi connectivity index (χ1v) is 7.11. The molecule has 3 heteroatoms. The van der Waals surface area contributed by atoms with Crippen molar-refractivity contribution in [2.75, 3.05) is 27.2 Å². The Morgan fingerprint density at radius 3 is 2.47 bits per heavy atom. The van der Waals surface area contributed by atoms with Crippen molar-refractivity contribution in [3.8, 4) is 5.75 Å². The Morgan fingerprint density at radius 1 is 1.16 bits per heavy atom. The monoisotopic (exact) mass is 264 g/mol. The minimum atomic E-state index is 0.699. The van der Waals surface area contributed by atoms with Gasteiger partial charge in [-0.3, -0.25) is 0 Å². The van der Waals surface area contributed by atoms with E-state index in [0.29, 0.717) is 5.92 Å². The molecular formula is C16H28N2O. The number of rotatable bonds is 8. The molecule has 0 spiro atoms. The van der Waals surface area contributed by atoms with Crippen LogP contribution in [0.5, 0.6) is 5.75 Å². The summed E-state index contributed by atoms with van der Waals surface area (Å²) in [6.07, 6.45) is 1.20. The lowest BCUT2D eigenvalue weighted by Crippen LogP contribution is -2.29. The van der Waals surface area contributed by atoms with Gasteiger partial charge in [-0.05, 0) is 62.7 Å². The van der Waals surface area contributed by atoms with Crippen LogP contribution in [0.2, 0.25) is 0 Å². The molecule has 0 aromatic heterocycles. The molecule has 0 saturated heterocycles. The van der Waals surface area contributed by atoms with Crippen LogP contribution in [0.15, 0.2) is 12.1 Å². The van der Waals surface area contributed by atoms with Gasteiger partial charge >= 0.3 is 0 Å². The molecule has 0 bridgehead atoms. The smallest absolute Gasteiger partial charge is 0.122 e. The molecule has 3 nitrogen and oxygen atoms in total. The number of methoxy groups -OCH3 is 1. The summed E-state index contributed by atoms with van der Waals surface area (Å²) in [6.45, 7) is 9.54. The van der Waals surface area contributed by atoms with E-state index in [2.05, 4.69) is 43.5 Å². The highest BCUT2D eigenvalue weighted by molar-refractivity contribution is 5.41. The van der Waals surface area contributed by atoms with Gasteiger partial charge in [0.2, 0.25) is 0 Å². The highest BCUT2D eigenvalue weighted by atomic mass is 16.5. The van der Waals surface area contributed by atoms with E-state index >= 15 is 0 Å². The Bertz CT molecular complexity index is 391. The molecule has 0 aliphatic carbocycles. The van der Waals surface area contributed by atoms with E-state index in [9.17, 15) is 0 Å². The van der Waals surface area contributed by atoms with Crippen molar-refractivity contribution in [2.45, 2.75) is 33.7 Å². The van der Waals surface area contributed by atoms with E-state index in [0.717, 1.165) is 25.4 Å². The van der Waals surface area contributed by atoms with Crippen molar-refractivity contribution >= 4 is 0 Å². The maximum Gasteiger partial charge on any atom is 0.122 e. The third kappa shape index (κ3) is 4.84. The van der Waals surface area contributed by atoms with Gasteiger partial charge in [-0.1, -0.05) is 19.4 Å². The summed E-state index contributed by atoms with van der Waals surface area (Å²) < 4.78 is 5.34. The van der Waals surface area contributed by atoms with Crippen LogP contribution in [0, 0.1) is 19.8 Å². The van der Waals surface area contributed by atoms with Gasteiger partial charge in [-0.15, -0.1) is 0 Å². The van der Waals surface area contributed by atoms with E-state index in [1.165, 1.54) is 23.1 Å². The lowest BCUT2D eigenvalue weighted by atomic mass is 10.0. The molecule has 108 valence electrons. The van der Waals surface area contributed by atoms with E-state index in [1.807, 2.05) is 7.05 Å². The zero-order valence-corrected chi connectivity index (χ0v) is 13.0. The van der Waals surface area contributed by atoms with Crippen molar-refractivity contribution in [2.24, 2.45) is 5.92 Å². The summed E-state index contributed by atoms with van der Waals surface area (Å²) >= 11 is 0. The number of nitrogens with one attached hydrogen (secondary N) is 2. The van der Waals surface area contributed by atoms with Crippen molar-refractivity contribution < 1.29 is 4.74 Å². The molecule has 0 amide bonds. The number of hydrogen-bond donors (Lipinski definition) is 2. The predicted molar refractivity (Wildman–Crippen MR) is 81.9 cm³/mol. The molecule has 1 aromatic rings. The minimum absolute atomic E-state index is 0.699. The summed E-state index contributed by atoms with van der Waals surface area (Å²) in [5.74, 6) is 1.67. The van der Waals surface area contributed by atoms with Crippen molar-refractivity contribution in [3.05, 3.63) is 28.8 Å². The first-order chi connectivity index (χ1) is 9.12. The highest BCUT2D eigenvalue weighted by Gasteiger charge is 2.07. The topological polar surface area (TPSA) is 33.3 Å². The van der Waals surface area contributed by atoms with Crippen LogP contribution in [0.25, 0.3) is 0 Å². The van der Waals surface area contributed by atoms with Crippen LogP contribution in [-0.4, -0.2) is 27.2 Å². The summed E-state index contributed by atoms with van der Waals surface area (Å²) in [5.41, 5.74) is 3.85. The molecule has 2 N–H and O–H groups in total.